The highest BCUT2D eigenvalue weighted by Crippen LogP contribution is 2.48. The highest BCUT2D eigenvalue weighted by Gasteiger charge is 2.51. The number of likely N-dealkylation sites (N-methyl/N-ethyl adjacent to an activating group) is 2. The topological polar surface area (TPSA) is 110 Å². The van der Waals surface area contributed by atoms with Gasteiger partial charge in [0.25, 0.3) is 0 Å². The van der Waals surface area contributed by atoms with Crippen LogP contribution in [0.15, 0.2) is 109 Å². The van der Waals surface area contributed by atoms with Gasteiger partial charge in [0.15, 0.2) is 0 Å². The summed E-state index contributed by atoms with van der Waals surface area (Å²) in [4.78, 5) is 53.2. The lowest BCUT2D eigenvalue weighted by molar-refractivity contribution is -0.138. The maximum Gasteiger partial charge on any atom is 0.416 e. The molecule has 0 aromatic heterocycles. The Balaban J connectivity index is 0.000000169. The lowest BCUT2D eigenvalue weighted by Crippen LogP contribution is -2.49. The maximum absolute atomic E-state index is 13.1. The number of amides is 3. The molecule has 9 nitrogen and oxygen atoms in total. The second-order valence-electron chi connectivity index (χ2n) is 15.2. The number of carbonyl (C=O) groups excluding carboxylic acids is 3. The summed E-state index contributed by atoms with van der Waals surface area (Å²) < 4.78 is 76.5. The molecule has 0 radical (unpaired) electrons. The number of carboxylic acid groups (broad SMARTS) is 1. The van der Waals surface area contributed by atoms with Gasteiger partial charge in [-0.3, -0.25) is 14.4 Å². The van der Waals surface area contributed by atoms with Crippen molar-refractivity contribution in [1.29, 1.82) is 0 Å². The summed E-state index contributed by atoms with van der Waals surface area (Å²) in [5, 5.41) is 11.6. The summed E-state index contributed by atoms with van der Waals surface area (Å²) in [6.07, 6.45) is -2.14. The number of para-hydroxylation sites is 2. The first-order valence-corrected chi connectivity index (χ1v) is 19.6. The number of nitrogens with one attached hydrogen (secondary N) is 1. The fourth-order valence-electron chi connectivity index (χ4n) is 8.59. The van der Waals surface area contributed by atoms with Crippen LogP contribution in [-0.2, 0) is 42.4 Å². The molecule has 0 bridgehead atoms. The molecule has 4 aromatic carbocycles. The highest BCUT2D eigenvalue weighted by molar-refractivity contribution is 6.08. The van der Waals surface area contributed by atoms with Crippen LogP contribution in [0.3, 0.4) is 0 Å². The van der Waals surface area contributed by atoms with E-state index in [-0.39, 0.29) is 34.3 Å². The number of benzene rings is 4. The van der Waals surface area contributed by atoms with E-state index in [1.165, 1.54) is 54.1 Å². The van der Waals surface area contributed by atoms with E-state index in [0.717, 1.165) is 61.1 Å². The normalized spacial score (nSPS) is 17.9. The van der Waals surface area contributed by atoms with Crippen LogP contribution in [0, 0.1) is 0 Å². The molecule has 4 heterocycles. The predicted molar refractivity (Wildman–Crippen MR) is 220 cm³/mol. The summed E-state index contributed by atoms with van der Waals surface area (Å²) in [5.41, 5.74) is 1.50. The lowest BCUT2D eigenvalue weighted by atomic mass is 9.73. The zero-order chi connectivity index (χ0) is 44.2. The van der Waals surface area contributed by atoms with E-state index in [1.54, 1.807) is 16.8 Å². The van der Waals surface area contributed by atoms with Gasteiger partial charge in [0.2, 0.25) is 17.7 Å². The van der Waals surface area contributed by atoms with E-state index in [2.05, 4.69) is 11.4 Å². The summed E-state index contributed by atoms with van der Waals surface area (Å²) in [5.74, 6) is -1.33. The van der Waals surface area contributed by atoms with Crippen molar-refractivity contribution < 1.29 is 50.6 Å². The second kappa shape index (κ2) is 17.8. The third-order valence-corrected chi connectivity index (χ3v) is 11.7. The van der Waals surface area contributed by atoms with Crippen molar-refractivity contribution in [1.82, 2.24) is 10.2 Å². The largest absolute Gasteiger partial charge is 0.478 e. The van der Waals surface area contributed by atoms with Gasteiger partial charge in [0.1, 0.15) is 0 Å². The van der Waals surface area contributed by atoms with Crippen molar-refractivity contribution >= 4 is 47.2 Å². The molecule has 2 saturated heterocycles. The Bertz CT molecular complexity index is 2340. The molecule has 2 N–H and O–H groups in total. The number of likely N-dealkylation sites (tertiary alicyclic amines) is 1. The van der Waals surface area contributed by atoms with Crippen LogP contribution in [0.2, 0.25) is 0 Å². The third kappa shape index (κ3) is 9.11. The highest BCUT2D eigenvalue weighted by atomic mass is 19.4. The molecule has 8 rings (SSSR count). The second-order valence-corrected chi connectivity index (χ2v) is 15.2. The molecule has 0 saturated carbocycles. The Labute approximate surface area is 349 Å². The molecule has 2 spiro atoms. The van der Waals surface area contributed by atoms with Crippen LogP contribution < -0.4 is 15.1 Å². The van der Waals surface area contributed by atoms with E-state index in [4.69, 9.17) is 5.11 Å². The lowest BCUT2D eigenvalue weighted by Gasteiger charge is -2.38. The van der Waals surface area contributed by atoms with E-state index in [1.807, 2.05) is 54.4 Å². The molecular formula is C46H44F6N4O5. The summed E-state index contributed by atoms with van der Waals surface area (Å²) in [6, 6.07) is 25.8. The van der Waals surface area contributed by atoms with Crippen molar-refractivity contribution in [2.24, 2.45) is 0 Å². The SMILES string of the molecule is CN1C(=O)C2(CCN(C(=O)/C=C/c3ccccc3C(F)(F)F)CC2)c2ccccc21.CN1C(=O)C2(CCNCC2)c2ccccc21.O=C(O)/C=C/c1ccccc1C(F)(F)F. The smallest absolute Gasteiger partial charge is 0.416 e. The number of aliphatic carboxylic acids is 1. The van der Waals surface area contributed by atoms with Crippen LogP contribution in [0.5, 0.6) is 0 Å². The zero-order valence-corrected chi connectivity index (χ0v) is 33.4. The van der Waals surface area contributed by atoms with Gasteiger partial charge in [0.05, 0.1) is 22.0 Å². The molecule has 0 atom stereocenters. The minimum Gasteiger partial charge on any atom is -0.478 e. The van der Waals surface area contributed by atoms with E-state index >= 15 is 0 Å². The van der Waals surface area contributed by atoms with Crippen molar-refractivity contribution in [3.63, 3.8) is 0 Å². The van der Waals surface area contributed by atoms with Crippen molar-refractivity contribution in [2.45, 2.75) is 48.9 Å². The minimum absolute atomic E-state index is 0.0328. The molecule has 4 aliphatic rings. The quantitative estimate of drug-likeness (QED) is 0.158. The van der Waals surface area contributed by atoms with Gasteiger partial charge in [0, 0.05) is 50.7 Å². The number of hydrogen-bond donors (Lipinski definition) is 2. The van der Waals surface area contributed by atoms with E-state index < -0.39 is 34.9 Å². The van der Waals surface area contributed by atoms with Crippen molar-refractivity contribution in [3.05, 3.63) is 143 Å². The molecule has 61 heavy (non-hydrogen) atoms. The zero-order valence-electron chi connectivity index (χ0n) is 33.4. The number of fused-ring (bicyclic) bond motifs is 4. The summed E-state index contributed by atoms with van der Waals surface area (Å²) in [6.45, 7) is 2.62. The van der Waals surface area contributed by atoms with Gasteiger partial charge in [-0.15, -0.1) is 0 Å². The standard InChI is InChI=1S/C23H21F3N2O2.C13H16N2O.C10H7F3O2/c1-27-19-9-5-4-8-18(19)22(21(27)30)12-14-28(15-13-22)20(29)11-10-16-6-2-3-7-17(16)23(24,25)26;1-15-11-5-3-2-4-10(11)13(12(15)16)6-8-14-9-7-13;11-10(12,13)8-4-2-1-3-7(8)5-6-9(14)15/h2-11H,12-15H2,1H3;2-5,14H,6-9H2,1H3;1-6H,(H,14,15)/b11-10+;;6-5+. The number of alkyl halides is 6. The molecule has 0 aliphatic carbocycles. The number of nitrogens with zero attached hydrogens (tertiary/aromatic N) is 3. The number of halogens is 6. The molecular weight excluding hydrogens is 803 g/mol. The molecule has 15 heteroatoms. The van der Waals surface area contributed by atoms with Gasteiger partial charge in [-0.25, -0.2) is 4.79 Å². The van der Waals surface area contributed by atoms with Crippen LogP contribution in [0.25, 0.3) is 12.2 Å². The van der Waals surface area contributed by atoms with E-state index in [9.17, 15) is 45.5 Å². The van der Waals surface area contributed by atoms with Crippen LogP contribution >= 0.6 is 0 Å². The van der Waals surface area contributed by atoms with Gasteiger partial charge in [-0.2, -0.15) is 26.3 Å². The Morgan fingerprint density at radius 3 is 1.44 bits per heavy atom. The molecule has 320 valence electrons. The van der Waals surface area contributed by atoms with Gasteiger partial charge in [-0.1, -0.05) is 72.8 Å². The monoisotopic (exact) mass is 846 g/mol. The number of piperidine rings is 2. The molecule has 0 unspecified atom stereocenters. The van der Waals surface area contributed by atoms with Crippen LogP contribution in [-0.4, -0.2) is 74.0 Å². The summed E-state index contributed by atoms with van der Waals surface area (Å²) in [7, 11) is 3.65. The molecule has 4 aliphatic heterocycles. The van der Waals surface area contributed by atoms with Crippen LogP contribution in [0.1, 0.15) is 59.1 Å². The molecule has 4 aromatic rings. The van der Waals surface area contributed by atoms with E-state index in [0.29, 0.717) is 32.0 Å². The van der Waals surface area contributed by atoms with Gasteiger partial charge >= 0.3 is 18.3 Å². The Morgan fingerprint density at radius 2 is 1.00 bits per heavy atom. The average Bonchev–Trinajstić information content (AvgIpc) is 3.58. The Hall–Kier alpha value is -6.22. The number of rotatable bonds is 4. The third-order valence-electron chi connectivity index (χ3n) is 11.7. The first kappa shape index (κ1) is 44.3. The predicted octanol–water partition coefficient (Wildman–Crippen LogP) is 8.34. The van der Waals surface area contributed by atoms with Crippen molar-refractivity contribution in [2.75, 3.05) is 50.1 Å². The number of hydrogen-bond acceptors (Lipinski definition) is 5. The minimum atomic E-state index is -4.48. The first-order chi connectivity index (χ1) is 28.9. The molecule has 2 fully saturated rings. The fourth-order valence-corrected chi connectivity index (χ4v) is 8.59. The number of carbonyl (C=O) groups is 4. The van der Waals surface area contributed by atoms with Crippen molar-refractivity contribution in [3.8, 4) is 0 Å². The first-order valence-electron chi connectivity index (χ1n) is 19.6. The number of anilines is 2. The number of carboxylic acids is 1. The Kier molecular flexibility index (Phi) is 12.9. The van der Waals surface area contributed by atoms with Crippen LogP contribution in [0.4, 0.5) is 37.7 Å². The Morgan fingerprint density at radius 1 is 0.607 bits per heavy atom. The van der Waals surface area contributed by atoms with Gasteiger partial charge in [-0.05, 0) is 97.4 Å². The fraction of sp³-hybridized carbons (Fsp3) is 0.304. The molecule has 3 amide bonds. The maximum atomic E-state index is 13.1. The summed E-state index contributed by atoms with van der Waals surface area (Å²) >= 11 is 0. The average molecular weight is 847 g/mol. The van der Waals surface area contributed by atoms with Gasteiger partial charge < -0.3 is 25.1 Å².